The lowest BCUT2D eigenvalue weighted by molar-refractivity contribution is 0.0649. The molecule has 5 nitrogen and oxygen atoms in total. The van der Waals surface area contributed by atoms with Gasteiger partial charge in [-0.1, -0.05) is 18.2 Å². The predicted molar refractivity (Wildman–Crippen MR) is 82.6 cm³/mol. The van der Waals surface area contributed by atoms with Crippen LogP contribution < -0.4 is 4.74 Å². The Balaban J connectivity index is 1.88. The Morgan fingerprint density at radius 3 is 2.68 bits per heavy atom. The molecule has 0 saturated heterocycles. The molecule has 114 valence electrons. The zero-order valence-corrected chi connectivity index (χ0v) is 12.8. The summed E-state index contributed by atoms with van der Waals surface area (Å²) in [5.74, 6) is -0.381. The average Bonchev–Trinajstić information content (AvgIpc) is 2.94. The van der Waals surface area contributed by atoms with Gasteiger partial charge >= 0.3 is 5.97 Å². The Morgan fingerprint density at radius 2 is 1.95 bits per heavy atom. The van der Waals surface area contributed by atoms with Crippen molar-refractivity contribution in [2.45, 2.75) is 19.5 Å². The summed E-state index contributed by atoms with van der Waals surface area (Å²) in [7, 11) is 0. The number of fused-ring (bicyclic) bond motifs is 1. The van der Waals surface area contributed by atoms with E-state index in [4.69, 9.17) is 9.84 Å². The summed E-state index contributed by atoms with van der Waals surface area (Å²) in [4.78, 5) is 26.0. The SMILES string of the molecule is C[C@H]1COc2ccccc2CN1C(=O)c1ccc(C(=O)O)s1. The first kappa shape index (κ1) is 14.6. The number of benzene rings is 1. The van der Waals surface area contributed by atoms with Crippen molar-refractivity contribution in [3.8, 4) is 5.75 Å². The second-order valence-corrected chi connectivity index (χ2v) is 6.25. The second kappa shape index (κ2) is 5.81. The van der Waals surface area contributed by atoms with Gasteiger partial charge in [0.05, 0.1) is 17.5 Å². The minimum absolute atomic E-state index is 0.0877. The molecule has 0 saturated carbocycles. The zero-order valence-electron chi connectivity index (χ0n) is 12.0. The summed E-state index contributed by atoms with van der Waals surface area (Å²) in [6.07, 6.45) is 0. The Morgan fingerprint density at radius 1 is 1.23 bits per heavy atom. The number of ether oxygens (including phenoxy) is 1. The van der Waals surface area contributed by atoms with Gasteiger partial charge in [-0.25, -0.2) is 4.79 Å². The molecular weight excluding hydrogens is 302 g/mol. The Hall–Kier alpha value is -2.34. The van der Waals surface area contributed by atoms with Crippen molar-refractivity contribution in [1.29, 1.82) is 0 Å². The number of hydrogen-bond acceptors (Lipinski definition) is 4. The first-order valence-electron chi connectivity index (χ1n) is 6.91. The quantitative estimate of drug-likeness (QED) is 0.925. The number of para-hydroxylation sites is 1. The molecule has 1 aromatic heterocycles. The number of carboxylic acids is 1. The average molecular weight is 317 g/mol. The molecule has 1 aliphatic heterocycles. The van der Waals surface area contributed by atoms with Gasteiger partial charge in [0, 0.05) is 5.56 Å². The molecule has 6 heteroatoms. The maximum absolute atomic E-state index is 12.7. The minimum atomic E-state index is -1.01. The first-order chi connectivity index (χ1) is 10.6. The number of carboxylic acid groups (broad SMARTS) is 1. The van der Waals surface area contributed by atoms with Crippen molar-refractivity contribution in [3.05, 3.63) is 51.7 Å². The monoisotopic (exact) mass is 317 g/mol. The third-order valence-corrected chi connectivity index (χ3v) is 4.68. The normalized spacial score (nSPS) is 17.3. The molecule has 0 bridgehead atoms. The van der Waals surface area contributed by atoms with Crippen LogP contribution in [0.3, 0.4) is 0 Å². The Bertz CT molecular complexity index is 724. The van der Waals surface area contributed by atoms with Crippen molar-refractivity contribution >= 4 is 23.2 Å². The molecule has 0 spiro atoms. The van der Waals surface area contributed by atoms with E-state index in [-0.39, 0.29) is 16.8 Å². The maximum atomic E-state index is 12.7. The fourth-order valence-corrected chi connectivity index (χ4v) is 3.20. The number of carbonyl (C=O) groups excluding carboxylic acids is 1. The van der Waals surface area contributed by atoms with Crippen LogP contribution in [0, 0.1) is 0 Å². The van der Waals surface area contributed by atoms with Gasteiger partial charge in [-0.2, -0.15) is 0 Å². The van der Waals surface area contributed by atoms with Crippen LogP contribution in [-0.4, -0.2) is 34.5 Å². The fourth-order valence-electron chi connectivity index (χ4n) is 2.40. The van der Waals surface area contributed by atoms with Crippen LogP contribution in [0.2, 0.25) is 0 Å². The summed E-state index contributed by atoms with van der Waals surface area (Å²) in [6.45, 7) is 2.80. The molecule has 0 fully saturated rings. The minimum Gasteiger partial charge on any atom is -0.491 e. The molecule has 2 aromatic rings. The first-order valence-corrected chi connectivity index (χ1v) is 7.72. The van der Waals surface area contributed by atoms with Gasteiger partial charge in [0.1, 0.15) is 17.2 Å². The Labute approximate surface area is 131 Å². The lowest BCUT2D eigenvalue weighted by Gasteiger charge is -2.25. The standard InChI is InChI=1S/C16H15NO4S/c1-10-9-21-12-5-3-2-4-11(12)8-17(10)15(18)13-6-7-14(22-13)16(19)20/h2-7,10H,8-9H2,1H3,(H,19,20)/t10-/m0/s1. The van der Waals surface area contributed by atoms with E-state index in [0.717, 1.165) is 22.6 Å². The fraction of sp³-hybridized carbons (Fsp3) is 0.250. The van der Waals surface area contributed by atoms with E-state index >= 15 is 0 Å². The highest BCUT2D eigenvalue weighted by molar-refractivity contribution is 7.15. The predicted octanol–water partition coefficient (Wildman–Crippen LogP) is 2.87. The van der Waals surface area contributed by atoms with E-state index in [1.165, 1.54) is 6.07 Å². The summed E-state index contributed by atoms with van der Waals surface area (Å²) in [6, 6.07) is 10.6. The van der Waals surface area contributed by atoms with E-state index in [9.17, 15) is 9.59 Å². The van der Waals surface area contributed by atoms with Gasteiger partial charge in [-0.3, -0.25) is 4.79 Å². The van der Waals surface area contributed by atoms with Crippen molar-refractivity contribution in [1.82, 2.24) is 4.90 Å². The van der Waals surface area contributed by atoms with Crippen LogP contribution in [0.5, 0.6) is 5.75 Å². The number of thiophene rings is 1. The number of nitrogens with zero attached hydrogens (tertiary/aromatic N) is 1. The van der Waals surface area contributed by atoms with Crippen LogP contribution in [0.4, 0.5) is 0 Å². The number of amides is 1. The number of rotatable bonds is 2. The molecule has 1 N–H and O–H groups in total. The molecular formula is C16H15NO4S. The lowest BCUT2D eigenvalue weighted by atomic mass is 10.1. The van der Waals surface area contributed by atoms with Gasteiger partial charge < -0.3 is 14.7 Å². The van der Waals surface area contributed by atoms with Gasteiger partial charge in [-0.15, -0.1) is 11.3 Å². The summed E-state index contributed by atoms with van der Waals surface area (Å²) < 4.78 is 5.74. The highest BCUT2D eigenvalue weighted by Gasteiger charge is 2.27. The van der Waals surface area contributed by atoms with E-state index in [0.29, 0.717) is 18.0 Å². The van der Waals surface area contributed by atoms with Crippen molar-refractivity contribution in [2.75, 3.05) is 6.61 Å². The molecule has 2 heterocycles. The van der Waals surface area contributed by atoms with Gasteiger partial charge in [-0.05, 0) is 25.1 Å². The van der Waals surface area contributed by atoms with Gasteiger partial charge in [0.15, 0.2) is 0 Å². The topological polar surface area (TPSA) is 66.8 Å². The smallest absolute Gasteiger partial charge is 0.345 e. The molecule has 0 radical (unpaired) electrons. The maximum Gasteiger partial charge on any atom is 0.345 e. The summed E-state index contributed by atoms with van der Waals surface area (Å²) >= 11 is 1.00. The summed E-state index contributed by atoms with van der Waals surface area (Å²) in [5.41, 5.74) is 0.954. The van der Waals surface area contributed by atoms with E-state index in [1.54, 1.807) is 11.0 Å². The summed E-state index contributed by atoms with van der Waals surface area (Å²) in [5, 5.41) is 8.98. The number of hydrogen-bond donors (Lipinski definition) is 1. The highest BCUT2D eigenvalue weighted by atomic mass is 32.1. The van der Waals surface area contributed by atoms with Crippen LogP contribution in [0.1, 0.15) is 31.8 Å². The van der Waals surface area contributed by atoms with E-state index in [2.05, 4.69) is 0 Å². The molecule has 0 aliphatic carbocycles. The van der Waals surface area contributed by atoms with Crippen molar-refractivity contribution in [3.63, 3.8) is 0 Å². The van der Waals surface area contributed by atoms with Crippen molar-refractivity contribution < 1.29 is 19.4 Å². The van der Waals surface area contributed by atoms with E-state index < -0.39 is 5.97 Å². The molecule has 1 aliphatic rings. The zero-order chi connectivity index (χ0) is 15.7. The van der Waals surface area contributed by atoms with Gasteiger partial charge in [0.2, 0.25) is 0 Å². The molecule has 1 atom stereocenters. The van der Waals surface area contributed by atoms with Crippen molar-refractivity contribution in [2.24, 2.45) is 0 Å². The molecule has 1 aromatic carbocycles. The van der Waals surface area contributed by atoms with Crippen LogP contribution in [0.25, 0.3) is 0 Å². The molecule has 22 heavy (non-hydrogen) atoms. The molecule has 0 unspecified atom stereocenters. The van der Waals surface area contributed by atoms with Crippen LogP contribution >= 0.6 is 11.3 Å². The third-order valence-electron chi connectivity index (χ3n) is 3.61. The lowest BCUT2D eigenvalue weighted by Crippen LogP contribution is -2.39. The Kier molecular flexibility index (Phi) is 3.85. The third kappa shape index (κ3) is 2.69. The molecule has 1 amide bonds. The number of aromatic carboxylic acids is 1. The van der Waals surface area contributed by atoms with Crippen LogP contribution in [0.15, 0.2) is 36.4 Å². The number of carbonyl (C=O) groups is 2. The van der Waals surface area contributed by atoms with E-state index in [1.807, 2.05) is 31.2 Å². The second-order valence-electron chi connectivity index (χ2n) is 5.17. The molecule has 3 rings (SSSR count). The van der Waals surface area contributed by atoms with Gasteiger partial charge in [0.25, 0.3) is 5.91 Å². The largest absolute Gasteiger partial charge is 0.491 e. The highest BCUT2D eigenvalue weighted by Crippen LogP contribution is 2.27. The van der Waals surface area contributed by atoms with Crippen LogP contribution in [-0.2, 0) is 6.54 Å².